The van der Waals surface area contributed by atoms with Crippen molar-refractivity contribution in [2.24, 2.45) is 0 Å². The van der Waals surface area contributed by atoms with Gasteiger partial charge in [-0.05, 0) is 36.1 Å². The first-order valence-corrected chi connectivity index (χ1v) is 5.97. The fourth-order valence-electron chi connectivity index (χ4n) is 1.86. The Labute approximate surface area is 98.3 Å². The Balaban J connectivity index is 3.10. The van der Waals surface area contributed by atoms with Crippen molar-refractivity contribution in [2.75, 3.05) is 13.2 Å². The smallest absolute Gasteiger partial charge is 0.119 e. The van der Waals surface area contributed by atoms with E-state index in [0.29, 0.717) is 12.5 Å². The third-order valence-electron chi connectivity index (χ3n) is 2.80. The van der Waals surface area contributed by atoms with E-state index in [9.17, 15) is 5.11 Å². The van der Waals surface area contributed by atoms with Crippen molar-refractivity contribution in [3.05, 3.63) is 29.3 Å². The van der Waals surface area contributed by atoms with Gasteiger partial charge in [0.1, 0.15) is 5.75 Å². The number of aliphatic hydroxyl groups is 1. The van der Waals surface area contributed by atoms with Gasteiger partial charge in [0.25, 0.3) is 0 Å². The molecule has 0 fully saturated rings. The maximum absolute atomic E-state index is 9.27. The van der Waals surface area contributed by atoms with Gasteiger partial charge in [-0.2, -0.15) is 0 Å². The number of hydrogen-bond donors (Lipinski definition) is 1. The molecule has 0 bridgehead atoms. The van der Waals surface area contributed by atoms with Crippen LogP contribution in [0, 0.1) is 0 Å². The molecule has 0 aliphatic heterocycles. The summed E-state index contributed by atoms with van der Waals surface area (Å²) in [7, 11) is 0. The lowest BCUT2D eigenvalue weighted by molar-refractivity contribution is 0.272. The molecule has 0 aromatic heterocycles. The van der Waals surface area contributed by atoms with Crippen LogP contribution in [0.25, 0.3) is 0 Å². The standard InChI is InChI=1S/C14H22O2/c1-5-16-12-6-7-13(10(2)3)14(8-12)11(4)9-15/h6-8,10-11,15H,5,9H2,1-4H3. The Hall–Kier alpha value is -1.02. The summed E-state index contributed by atoms with van der Waals surface area (Å²) >= 11 is 0. The molecule has 1 aromatic rings. The second kappa shape index (κ2) is 5.90. The Morgan fingerprint density at radius 1 is 1.19 bits per heavy atom. The molecular weight excluding hydrogens is 200 g/mol. The molecule has 0 heterocycles. The van der Waals surface area contributed by atoms with Crippen molar-refractivity contribution in [3.8, 4) is 5.75 Å². The van der Waals surface area contributed by atoms with Crippen LogP contribution >= 0.6 is 0 Å². The highest BCUT2D eigenvalue weighted by Crippen LogP contribution is 2.29. The molecule has 1 N–H and O–H groups in total. The van der Waals surface area contributed by atoms with Gasteiger partial charge in [0.05, 0.1) is 6.61 Å². The molecule has 16 heavy (non-hydrogen) atoms. The zero-order valence-corrected chi connectivity index (χ0v) is 10.7. The summed E-state index contributed by atoms with van der Waals surface area (Å²) in [5.41, 5.74) is 2.49. The van der Waals surface area contributed by atoms with Crippen LogP contribution in [0.15, 0.2) is 18.2 Å². The van der Waals surface area contributed by atoms with Crippen molar-refractivity contribution < 1.29 is 9.84 Å². The third-order valence-corrected chi connectivity index (χ3v) is 2.80. The highest BCUT2D eigenvalue weighted by atomic mass is 16.5. The van der Waals surface area contributed by atoms with Gasteiger partial charge in [-0.25, -0.2) is 0 Å². The lowest BCUT2D eigenvalue weighted by Gasteiger charge is -2.18. The van der Waals surface area contributed by atoms with Gasteiger partial charge >= 0.3 is 0 Å². The highest BCUT2D eigenvalue weighted by Gasteiger charge is 2.13. The molecule has 0 aliphatic carbocycles. The van der Waals surface area contributed by atoms with E-state index in [-0.39, 0.29) is 12.5 Å². The Bertz CT molecular complexity index is 332. The van der Waals surface area contributed by atoms with E-state index in [1.54, 1.807) is 0 Å². The topological polar surface area (TPSA) is 29.5 Å². The van der Waals surface area contributed by atoms with Crippen LogP contribution in [-0.2, 0) is 0 Å². The monoisotopic (exact) mass is 222 g/mol. The fourth-order valence-corrected chi connectivity index (χ4v) is 1.86. The van der Waals surface area contributed by atoms with E-state index in [4.69, 9.17) is 4.74 Å². The number of ether oxygens (including phenoxy) is 1. The van der Waals surface area contributed by atoms with Crippen LogP contribution in [0.1, 0.15) is 50.7 Å². The maximum atomic E-state index is 9.27. The summed E-state index contributed by atoms with van der Waals surface area (Å²) in [6, 6.07) is 6.17. The summed E-state index contributed by atoms with van der Waals surface area (Å²) in [4.78, 5) is 0. The van der Waals surface area contributed by atoms with Gasteiger partial charge in [0, 0.05) is 12.5 Å². The summed E-state index contributed by atoms with van der Waals surface area (Å²) in [6.07, 6.45) is 0. The number of hydrogen-bond acceptors (Lipinski definition) is 2. The lowest BCUT2D eigenvalue weighted by Crippen LogP contribution is -2.05. The zero-order chi connectivity index (χ0) is 12.1. The van der Waals surface area contributed by atoms with Crippen LogP contribution in [0.2, 0.25) is 0 Å². The second-order valence-electron chi connectivity index (χ2n) is 4.46. The van der Waals surface area contributed by atoms with Crippen LogP contribution in [-0.4, -0.2) is 18.3 Å². The molecule has 2 nitrogen and oxygen atoms in total. The van der Waals surface area contributed by atoms with Crippen molar-refractivity contribution >= 4 is 0 Å². The first-order chi connectivity index (χ1) is 7.60. The molecule has 1 aromatic carbocycles. The van der Waals surface area contributed by atoms with Gasteiger partial charge in [-0.1, -0.05) is 26.8 Å². The van der Waals surface area contributed by atoms with Gasteiger partial charge in [-0.3, -0.25) is 0 Å². The maximum Gasteiger partial charge on any atom is 0.119 e. The van der Waals surface area contributed by atoms with Crippen molar-refractivity contribution in [1.29, 1.82) is 0 Å². The Morgan fingerprint density at radius 2 is 1.88 bits per heavy atom. The van der Waals surface area contributed by atoms with Gasteiger partial charge in [0.2, 0.25) is 0 Å². The Kier molecular flexibility index (Phi) is 4.81. The first-order valence-electron chi connectivity index (χ1n) is 5.97. The average molecular weight is 222 g/mol. The van der Waals surface area contributed by atoms with Crippen LogP contribution in [0.3, 0.4) is 0 Å². The molecule has 0 saturated carbocycles. The molecule has 1 atom stereocenters. The lowest BCUT2D eigenvalue weighted by atomic mass is 9.90. The van der Waals surface area contributed by atoms with Crippen molar-refractivity contribution in [1.82, 2.24) is 0 Å². The SMILES string of the molecule is CCOc1ccc(C(C)C)c(C(C)CO)c1. The number of rotatable bonds is 5. The molecule has 0 spiro atoms. The van der Waals surface area contributed by atoms with Crippen LogP contribution < -0.4 is 4.74 Å². The van der Waals surface area contributed by atoms with E-state index in [2.05, 4.69) is 26.0 Å². The van der Waals surface area contributed by atoms with E-state index in [0.717, 1.165) is 5.75 Å². The van der Waals surface area contributed by atoms with Gasteiger partial charge in [-0.15, -0.1) is 0 Å². The molecule has 0 saturated heterocycles. The summed E-state index contributed by atoms with van der Waals surface area (Å²) in [5, 5.41) is 9.27. The molecule has 0 aliphatic rings. The molecule has 2 heteroatoms. The Morgan fingerprint density at radius 3 is 2.38 bits per heavy atom. The van der Waals surface area contributed by atoms with Crippen molar-refractivity contribution in [2.45, 2.75) is 39.5 Å². The fraction of sp³-hybridized carbons (Fsp3) is 0.571. The summed E-state index contributed by atoms with van der Waals surface area (Å²) in [5.74, 6) is 1.53. The number of benzene rings is 1. The molecule has 1 unspecified atom stereocenters. The third kappa shape index (κ3) is 2.99. The quantitative estimate of drug-likeness (QED) is 0.828. The predicted molar refractivity (Wildman–Crippen MR) is 67.2 cm³/mol. The minimum absolute atomic E-state index is 0.165. The molecule has 0 radical (unpaired) electrons. The molecule has 90 valence electrons. The largest absolute Gasteiger partial charge is 0.494 e. The van der Waals surface area contributed by atoms with Gasteiger partial charge in [0.15, 0.2) is 0 Å². The van der Waals surface area contributed by atoms with Crippen LogP contribution in [0.4, 0.5) is 0 Å². The van der Waals surface area contributed by atoms with E-state index < -0.39 is 0 Å². The number of aliphatic hydroxyl groups excluding tert-OH is 1. The predicted octanol–water partition coefficient (Wildman–Crippen LogP) is 3.30. The molecular formula is C14H22O2. The summed E-state index contributed by atoms with van der Waals surface area (Å²) in [6.45, 7) is 9.21. The minimum atomic E-state index is 0.165. The van der Waals surface area contributed by atoms with Gasteiger partial charge < -0.3 is 9.84 Å². The molecule has 0 amide bonds. The second-order valence-corrected chi connectivity index (χ2v) is 4.46. The average Bonchev–Trinajstić information content (AvgIpc) is 2.28. The zero-order valence-electron chi connectivity index (χ0n) is 10.7. The van der Waals surface area contributed by atoms with E-state index in [1.165, 1.54) is 11.1 Å². The first kappa shape index (κ1) is 13.0. The van der Waals surface area contributed by atoms with E-state index >= 15 is 0 Å². The summed E-state index contributed by atoms with van der Waals surface area (Å²) < 4.78 is 5.49. The van der Waals surface area contributed by atoms with Crippen LogP contribution in [0.5, 0.6) is 5.75 Å². The normalized spacial score (nSPS) is 12.9. The highest BCUT2D eigenvalue weighted by molar-refractivity contribution is 5.39. The van der Waals surface area contributed by atoms with E-state index in [1.807, 2.05) is 19.9 Å². The van der Waals surface area contributed by atoms with Crippen molar-refractivity contribution in [3.63, 3.8) is 0 Å². The molecule has 1 rings (SSSR count). The minimum Gasteiger partial charge on any atom is -0.494 e.